The highest BCUT2D eigenvalue weighted by molar-refractivity contribution is 4.45. The second kappa shape index (κ2) is 12.0. The van der Waals surface area contributed by atoms with E-state index in [1.807, 2.05) is 0 Å². The molecule has 0 aliphatic carbocycles. The van der Waals surface area contributed by atoms with Gasteiger partial charge in [0.05, 0.1) is 6.61 Å². The lowest BCUT2D eigenvalue weighted by Gasteiger charge is -2.18. The van der Waals surface area contributed by atoms with Gasteiger partial charge in [-0.2, -0.15) is 0 Å². The molecule has 0 fully saturated rings. The first-order valence-electron chi connectivity index (χ1n) is 5.95. The summed E-state index contributed by atoms with van der Waals surface area (Å²) < 4.78 is 16.3. The fraction of sp³-hybridized carbons (Fsp3) is 0.917. The molecule has 0 spiro atoms. The third kappa shape index (κ3) is 10.2. The van der Waals surface area contributed by atoms with E-state index in [1.165, 1.54) is 0 Å². The number of ether oxygens (including phenoxy) is 3. The molecule has 3 nitrogen and oxygen atoms in total. The van der Waals surface area contributed by atoms with Gasteiger partial charge in [-0.3, -0.25) is 0 Å². The molecule has 0 bridgehead atoms. The van der Waals surface area contributed by atoms with Crippen molar-refractivity contribution in [3.8, 4) is 0 Å². The molecule has 0 unspecified atom stereocenters. The molecule has 0 atom stereocenters. The third-order valence-electron chi connectivity index (χ3n) is 2.00. The van der Waals surface area contributed by atoms with Crippen molar-refractivity contribution in [3.63, 3.8) is 0 Å². The first-order chi connectivity index (χ1) is 7.35. The molecule has 0 heterocycles. The predicted molar refractivity (Wildman–Crippen MR) is 61.7 cm³/mol. The summed E-state index contributed by atoms with van der Waals surface area (Å²) >= 11 is 0. The molecule has 0 saturated carbocycles. The standard InChI is InChI=1S/C12H25O3/c1-4-7-9-14-12(11-13-6-3)15-10-8-5-2/h12H,3-11H2,1-2H3. The lowest BCUT2D eigenvalue weighted by Crippen LogP contribution is -2.24. The van der Waals surface area contributed by atoms with E-state index in [2.05, 4.69) is 20.8 Å². The van der Waals surface area contributed by atoms with Crippen molar-refractivity contribution in [2.45, 2.75) is 45.8 Å². The molecule has 0 N–H and O–H groups in total. The highest BCUT2D eigenvalue weighted by Gasteiger charge is 2.08. The zero-order valence-electron chi connectivity index (χ0n) is 10.2. The summed E-state index contributed by atoms with van der Waals surface area (Å²) in [4.78, 5) is 0. The van der Waals surface area contributed by atoms with Crippen molar-refractivity contribution in [2.24, 2.45) is 0 Å². The third-order valence-corrected chi connectivity index (χ3v) is 2.00. The number of rotatable bonds is 11. The van der Waals surface area contributed by atoms with E-state index >= 15 is 0 Å². The van der Waals surface area contributed by atoms with Crippen LogP contribution in [0.4, 0.5) is 0 Å². The molecule has 1 radical (unpaired) electrons. The molecule has 0 saturated heterocycles. The molecule has 15 heavy (non-hydrogen) atoms. The van der Waals surface area contributed by atoms with Crippen molar-refractivity contribution in [1.29, 1.82) is 0 Å². The van der Waals surface area contributed by atoms with Crippen molar-refractivity contribution >= 4 is 0 Å². The van der Waals surface area contributed by atoms with Gasteiger partial charge in [-0.1, -0.05) is 26.7 Å². The fourth-order valence-corrected chi connectivity index (χ4v) is 1.04. The van der Waals surface area contributed by atoms with Crippen molar-refractivity contribution in [1.82, 2.24) is 0 Å². The van der Waals surface area contributed by atoms with Gasteiger partial charge in [0.25, 0.3) is 0 Å². The maximum Gasteiger partial charge on any atom is 0.180 e. The van der Waals surface area contributed by atoms with Gasteiger partial charge in [0, 0.05) is 19.8 Å². The van der Waals surface area contributed by atoms with Gasteiger partial charge in [0.1, 0.15) is 0 Å². The average Bonchev–Trinajstić information content (AvgIpc) is 2.25. The Labute approximate surface area is 94.1 Å². The molecular formula is C12H25O3. The number of hydrogen-bond donors (Lipinski definition) is 0. The minimum absolute atomic E-state index is 0.218. The second-order valence-electron chi connectivity index (χ2n) is 3.45. The first-order valence-corrected chi connectivity index (χ1v) is 5.95. The van der Waals surface area contributed by atoms with E-state index in [0.717, 1.165) is 38.9 Å². The second-order valence-corrected chi connectivity index (χ2v) is 3.45. The predicted octanol–water partition coefficient (Wildman–Crippen LogP) is 2.80. The minimum atomic E-state index is -0.218. The lowest BCUT2D eigenvalue weighted by atomic mass is 10.3. The zero-order chi connectivity index (χ0) is 11.4. The van der Waals surface area contributed by atoms with Crippen LogP contribution in [0.15, 0.2) is 0 Å². The normalized spacial score (nSPS) is 11.2. The Bertz CT molecular complexity index is 107. The summed E-state index contributed by atoms with van der Waals surface area (Å²) in [5, 5.41) is 0. The Morgan fingerprint density at radius 2 is 1.53 bits per heavy atom. The van der Waals surface area contributed by atoms with Crippen LogP contribution in [0.2, 0.25) is 0 Å². The zero-order valence-corrected chi connectivity index (χ0v) is 10.2. The number of hydrogen-bond acceptors (Lipinski definition) is 3. The molecule has 0 aliphatic rings. The summed E-state index contributed by atoms with van der Waals surface area (Å²) in [5.74, 6) is 0. The van der Waals surface area contributed by atoms with Crippen LogP contribution in [0, 0.1) is 6.92 Å². The van der Waals surface area contributed by atoms with Crippen molar-refractivity contribution in [3.05, 3.63) is 6.92 Å². The Balaban J connectivity index is 3.53. The Morgan fingerprint density at radius 1 is 1.00 bits per heavy atom. The quantitative estimate of drug-likeness (QED) is 0.393. The summed E-state index contributed by atoms with van der Waals surface area (Å²) in [6, 6.07) is 0. The Kier molecular flexibility index (Phi) is 11.9. The van der Waals surface area contributed by atoms with E-state index < -0.39 is 0 Å². The van der Waals surface area contributed by atoms with Gasteiger partial charge in [-0.15, -0.1) is 0 Å². The highest BCUT2D eigenvalue weighted by Crippen LogP contribution is 2.01. The van der Waals surface area contributed by atoms with Gasteiger partial charge in [-0.05, 0) is 19.8 Å². The topological polar surface area (TPSA) is 27.7 Å². The van der Waals surface area contributed by atoms with Gasteiger partial charge < -0.3 is 14.2 Å². The van der Waals surface area contributed by atoms with Crippen LogP contribution >= 0.6 is 0 Å². The Morgan fingerprint density at radius 3 is 1.93 bits per heavy atom. The smallest absolute Gasteiger partial charge is 0.180 e. The van der Waals surface area contributed by atoms with Gasteiger partial charge in [0.15, 0.2) is 6.29 Å². The summed E-state index contributed by atoms with van der Waals surface area (Å²) in [5.41, 5.74) is 0. The molecule has 0 aromatic heterocycles. The minimum Gasteiger partial charge on any atom is -0.376 e. The number of unbranched alkanes of at least 4 members (excludes halogenated alkanes) is 2. The van der Waals surface area contributed by atoms with Crippen LogP contribution in [0.25, 0.3) is 0 Å². The van der Waals surface area contributed by atoms with Crippen LogP contribution in [0.1, 0.15) is 39.5 Å². The SMILES string of the molecule is [CH2]COCC(OCCCC)OCCCC. The molecule has 0 rings (SSSR count). The first kappa shape index (κ1) is 14.9. The monoisotopic (exact) mass is 217 g/mol. The Hall–Kier alpha value is -0.120. The molecule has 0 aliphatic heterocycles. The van der Waals surface area contributed by atoms with Crippen LogP contribution in [0.3, 0.4) is 0 Å². The highest BCUT2D eigenvalue weighted by atomic mass is 16.7. The van der Waals surface area contributed by atoms with Gasteiger partial charge in [-0.25, -0.2) is 0 Å². The van der Waals surface area contributed by atoms with Crippen LogP contribution in [-0.2, 0) is 14.2 Å². The van der Waals surface area contributed by atoms with E-state index in [4.69, 9.17) is 14.2 Å². The molecule has 3 heteroatoms. The largest absolute Gasteiger partial charge is 0.376 e. The van der Waals surface area contributed by atoms with Crippen molar-refractivity contribution in [2.75, 3.05) is 26.4 Å². The maximum absolute atomic E-state index is 5.56. The lowest BCUT2D eigenvalue weighted by molar-refractivity contribution is -0.171. The van der Waals surface area contributed by atoms with E-state index in [-0.39, 0.29) is 6.29 Å². The summed E-state index contributed by atoms with van der Waals surface area (Å²) in [6.07, 6.45) is 4.19. The van der Waals surface area contributed by atoms with E-state index in [0.29, 0.717) is 13.2 Å². The maximum atomic E-state index is 5.56. The molecule has 0 amide bonds. The van der Waals surface area contributed by atoms with Crippen LogP contribution in [0.5, 0.6) is 0 Å². The van der Waals surface area contributed by atoms with Crippen LogP contribution < -0.4 is 0 Å². The molecular weight excluding hydrogens is 192 g/mol. The molecule has 0 aromatic carbocycles. The fourth-order valence-electron chi connectivity index (χ4n) is 1.04. The average molecular weight is 217 g/mol. The molecule has 0 aromatic rings. The van der Waals surface area contributed by atoms with Gasteiger partial charge in [0.2, 0.25) is 0 Å². The van der Waals surface area contributed by atoms with Crippen LogP contribution in [-0.4, -0.2) is 32.7 Å². The van der Waals surface area contributed by atoms with E-state index in [1.54, 1.807) is 0 Å². The van der Waals surface area contributed by atoms with Crippen molar-refractivity contribution < 1.29 is 14.2 Å². The molecule has 91 valence electrons. The van der Waals surface area contributed by atoms with Gasteiger partial charge >= 0.3 is 0 Å². The van der Waals surface area contributed by atoms with E-state index in [9.17, 15) is 0 Å². The summed E-state index contributed by atoms with van der Waals surface area (Å²) in [7, 11) is 0. The summed E-state index contributed by atoms with van der Waals surface area (Å²) in [6.45, 7) is 10.3.